The maximum absolute atomic E-state index is 5.99. The largest absolute Gasteiger partial charge is 0.493 e. The Labute approximate surface area is 122 Å². The third-order valence-corrected chi connectivity index (χ3v) is 3.74. The number of aromatic nitrogens is 1. The van der Waals surface area contributed by atoms with Crippen LogP contribution in [0.15, 0.2) is 17.5 Å². The van der Waals surface area contributed by atoms with Crippen LogP contribution in [0.3, 0.4) is 0 Å². The topological polar surface area (TPSA) is 69.4 Å². The highest BCUT2D eigenvalue weighted by Gasteiger charge is 2.09. The number of methoxy groups -OCH3 is 2. The minimum atomic E-state index is 0.630. The fourth-order valence-electron chi connectivity index (χ4n) is 1.90. The smallest absolute Gasteiger partial charge is 0.162 e. The van der Waals surface area contributed by atoms with E-state index >= 15 is 0 Å². The quantitative estimate of drug-likeness (QED) is 0.801. The van der Waals surface area contributed by atoms with Crippen molar-refractivity contribution in [3.05, 3.63) is 28.2 Å². The zero-order valence-electron chi connectivity index (χ0n) is 11.9. The summed E-state index contributed by atoms with van der Waals surface area (Å²) in [6.45, 7) is 2.77. The minimum Gasteiger partial charge on any atom is -0.493 e. The van der Waals surface area contributed by atoms with Crippen LogP contribution in [0.5, 0.6) is 11.5 Å². The molecule has 0 spiro atoms. The van der Waals surface area contributed by atoms with Crippen LogP contribution in [0.2, 0.25) is 0 Å². The highest BCUT2D eigenvalue weighted by molar-refractivity contribution is 7.09. The van der Waals surface area contributed by atoms with Crippen LogP contribution in [0.1, 0.15) is 10.7 Å². The van der Waals surface area contributed by atoms with Gasteiger partial charge in [-0.1, -0.05) is 0 Å². The number of nitrogens with zero attached hydrogens (tertiary/aromatic N) is 1. The summed E-state index contributed by atoms with van der Waals surface area (Å²) in [5.41, 5.74) is 8.57. The van der Waals surface area contributed by atoms with Gasteiger partial charge in [-0.05, 0) is 6.92 Å². The number of benzene rings is 1. The van der Waals surface area contributed by atoms with Gasteiger partial charge in [0.2, 0.25) is 0 Å². The van der Waals surface area contributed by atoms with Crippen LogP contribution in [-0.4, -0.2) is 25.7 Å². The van der Waals surface area contributed by atoms with Gasteiger partial charge in [-0.25, -0.2) is 4.98 Å². The SMILES string of the molecule is COc1cc(N)c(NCCc2csc(C)n2)cc1OC. The molecular weight excluding hydrogens is 274 g/mol. The van der Waals surface area contributed by atoms with Crippen molar-refractivity contribution < 1.29 is 9.47 Å². The van der Waals surface area contributed by atoms with Crippen molar-refractivity contribution in [1.82, 2.24) is 4.98 Å². The Balaban J connectivity index is 2.02. The summed E-state index contributed by atoms with van der Waals surface area (Å²) in [7, 11) is 3.20. The Bertz CT molecular complexity index is 584. The number of ether oxygens (including phenoxy) is 2. The highest BCUT2D eigenvalue weighted by atomic mass is 32.1. The molecule has 2 aromatic rings. The number of nitrogen functional groups attached to an aromatic ring is 1. The molecule has 6 heteroatoms. The van der Waals surface area contributed by atoms with Crippen molar-refractivity contribution in [3.63, 3.8) is 0 Å². The number of thiazole rings is 1. The summed E-state index contributed by atoms with van der Waals surface area (Å²) >= 11 is 1.66. The van der Waals surface area contributed by atoms with Gasteiger partial charge < -0.3 is 20.5 Å². The molecule has 20 heavy (non-hydrogen) atoms. The van der Waals surface area contributed by atoms with Gasteiger partial charge in [0.15, 0.2) is 11.5 Å². The standard InChI is InChI=1S/C14H19N3O2S/c1-9-17-10(8-20-9)4-5-16-12-7-14(19-3)13(18-2)6-11(12)15/h6-8,16H,4-5,15H2,1-3H3. The Kier molecular flexibility index (Phi) is 4.68. The molecule has 0 aliphatic heterocycles. The first-order chi connectivity index (χ1) is 9.63. The number of aryl methyl sites for hydroxylation is 1. The molecule has 0 bridgehead atoms. The molecule has 0 fully saturated rings. The molecule has 1 heterocycles. The van der Waals surface area contributed by atoms with Gasteiger partial charge in [0, 0.05) is 30.5 Å². The molecule has 0 saturated carbocycles. The molecule has 1 aromatic carbocycles. The van der Waals surface area contributed by atoms with E-state index in [1.807, 2.05) is 13.0 Å². The molecule has 3 N–H and O–H groups in total. The fraction of sp³-hybridized carbons (Fsp3) is 0.357. The average molecular weight is 293 g/mol. The van der Waals surface area contributed by atoms with E-state index in [0.717, 1.165) is 29.4 Å². The van der Waals surface area contributed by atoms with Crippen molar-refractivity contribution >= 4 is 22.7 Å². The molecular formula is C14H19N3O2S. The predicted molar refractivity (Wildman–Crippen MR) is 83.0 cm³/mol. The summed E-state index contributed by atoms with van der Waals surface area (Å²) < 4.78 is 10.5. The van der Waals surface area contributed by atoms with Crippen molar-refractivity contribution in [1.29, 1.82) is 0 Å². The molecule has 0 amide bonds. The van der Waals surface area contributed by atoms with Gasteiger partial charge in [0.05, 0.1) is 36.3 Å². The second-order valence-corrected chi connectivity index (χ2v) is 5.39. The third kappa shape index (κ3) is 3.33. The van der Waals surface area contributed by atoms with Gasteiger partial charge in [-0.3, -0.25) is 0 Å². The first-order valence-electron chi connectivity index (χ1n) is 6.30. The summed E-state index contributed by atoms with van der Waals surface area (Å²) in [6, 6.07) is 3.61. The molecule has 2 rings (SSSR count). The predicted octanol–water partition coefficient (Wildman–Crippen LogP) is 2.71. The zero-order valence-corrected chi connectivity index (χ0v) is 12.7. The van der Waals surface area contributed by atoms with E-state index in [0.29, 0.717) is 17.2 Å². The molecule has 0 aliphatic carbocycles. The number of anilines is 2. The van der Waals surface area contributed by atoms with E-state index in [-0.39, 0.29) is 0 Å². The van der Waals surface area contributed by atoms with Gasteiger partial charge in [0.25, 0.3) is 0 Å². The first-order valence-corrected chi connectivity index (χ1v) is 7.18. The maximum atomic E-state index is 5.99. The molecule has 0 radical (unpaired) electrons. The summed E-state index contributed by atoms with van der Waals surface area (Å²) in [4.78, 5) is 4.43. The summed E-state index contributed by atoms with van der Waals surface area (Å²) in [5, 5.41) is 6.47. The van der Waals surface area contributed by atoms with Gasteiger partial charge in [0.1, 0.15) is 0 Å². The van der Waals surface area contributed by atoms with Crippen LogP contribution in [0.4, 0.5) is 11.4 Å². The minimum absolute atomic E-state index is 0.630. The number of nitrogens with one attached hydrogen (secondary N) is 1. The lowest BCUT2D eigenvalue weighted by atomic mass is 10.2. The van der Waals surface area contributed by atoms with E-state index < -0.39 is 0 Å². The Morgan fingerprint density at radius 1 is 1.25 bits per heavy atom. The van der Waals surface area contributed by atoms with Gasteiger partial charge in [-0.2, -0.15) is 0 Å². The van der Waals surface area contributed by atoms with Crippen molar-refractivity contribution in [2.45, 2.75) is 13.3 Å². The lowest BCUT2D eigenvalue weighted by Crippen LogP contribution is -2.07. The second kappa shape index (κ2) is 6.47. The van der Waals surface area contributed by atoms with Crippen LogP contribution < -0.4 is 20.5 Å². The number of rotatable bonds is 6. The Hall–Kier alpha value is -1.95. The van der Waals surface area contributed by atoms with Crippen molar-refractivity contribution in [3.8, 4) is 11.5 Å². The maximum Gasteiger partial charge on any atom is 0.162 e. The Morgan fingerprint density at radius 3 is 2.55 bits per heavy atom. The fourth-order valence-corrected chi connectivity index (χ4v) is 2.54. The van der Waals surface area contributed by atoms with E-state index in [4.69, 9.17) is 15.2 Å². The molecule has 0 saturated heterocycles. The van der Waals surface area contributed by atoms with Crippen LogP contribution in [0.25, 0.3) is 0 Å². The monoisotopic (exact) mass is 293 g/mol. The van der Waals surface area contributed by atoms with Crippen LogP contribution >= 0.6 is 11.3 Å². The van der Waals surface area contributed by atoms with Crippen LogP contribution in [0, 0.1) is 6.92 Å². The van der Waals surface area contributed by atoms with Gasteiger partial charge >= 0.3 is 0 Å². The molecule has 0 aliphatic rings. The lowest BCUT2D eigenvalue weighted by molar-refractivity contribution is 0.355. The number of nitrogens with two attached hydrogens (primary N) is 1. The molecule has 5 nitrogen and oxygen atoms in total. The van der Waals surface area contributed by atoms with Crippen molar-refractivity contribution in [2.24, 2.45) is 0 Å². The molecule has 1 aromatic heterocycles. The van der Waals surface area contributed by atoms with Crippen molar-refractivity contribution in [2.75, 3.05) is 31.8 Å². The molecule has 108 valence electrons. The lowest BCUT2D eigenvalue weighted by Gasteiger charge is -2.13. The van der Waals surface area contributed by atoms with Crippen LogP contribution in [-0.2, 0) is 6.42 Å². The van der Waals surface area contributed by atoms with E-state index in [2.05, 4.69) is 15.7 Å². The first kappa shape index (κ1) is 14.5. The number of hydrogen-bond acceptors (Lipinski definition) is 6. The van der Waals surface area contributed by atoms with E-state index in [1.165, 1.54) is 0 Å². The normalized spacial score (nSPS) is 10.3. The number of hydrogen-bond donors (Lipinski definition) is 2. The van der Waals surface area contributed by atoms with E-state index in [1.54, 1.807) is 31.6 Å². The summed E-state index contributed by atoms with van der Waals surface area (Å²) in [5.74, 6) is 1.29. The average Bonchev–Trinajstić information content (AvgIpc) is 2.85. The second-order valence-electron chi connectivity index (χ2n) is 4.33. The Morgan fingerprint density at radius 2 is 1.95 bits per heavy atom. The highest BCUT2D eigenvalue weighted by Crippen LogP contribution is 2.34. The molecule has 0 atom stereocenters. The zero-order chi connectivity index (χ0) is 14.5. The third-order valence-electron chi connectivity index (χ3n) is 2.92. The summed E-state index contributed by atoms with van der Waals surface area (Å²) in [6.07, 6.45) is 0.859. The van der Waals surface area contributed by atoms with Gasteiger partial charge in [-0.15, -0.1) is 11.3 Å². The molecule has 0 unspecified atom stereocenters. The van der Waals surface area contributed by atoms with E-state index in [9.17, 15) is 0 Å².